The summed E-state index contributed by atoms with van der Waals surface area (Å²) in [6, 6.07) is 10.6. The predicted octanol–water partition coefficient (Wildman–Crippen LogP) is 4.14. The molecule has 1 N–H and O–H groups in total. The van der Waals surface area contributed by atoms with Gasteiger partial charge in [0.1, 0.15) is 0 Å². The van der Waals surface area contributed by atoms with E-state index in [0.29, 0.717) is 0 Å². The molecule has 0 unspecified atom stereocenters. The number of rotatable bonds is 5. The van der Waals surface area contributed by atoms with E-state index in [0.717, 1.165) is 19.5 Å². The van der Waals surface area contributed by atoms with Crippen LogP contribution in [-0.4, -0.2) is 11.5 Å². The van der Waals surface area contributed by atoms with Crippen LogP contribution in [0, 0.1) is 0 Å². The first kappa shape index (κ1) is 15.2. The second-order valence-corrected chi connectivity index (χ2v) is 7.24. The smallest absolute Gasteiger partial charge is 0.0975 e. The Morgan fingerprint density at radius 2 is 1.85 bits per heavy atom. The van der Waals surface area contributed by atoms with Crippen LogP contribution < -0.4 is 5.32 Å². The van der Waals surface area contributed by atoms with E-state index in [9.17, 15) is 0 Å². The Balaban J connectivity index is 2.24. The van der Waals surface area contributed by atoms with E-state index in [-0.39, 0.29) is 5.41 Å². The molecule has 0 atom stereocenters. The summed E-state index contributed by atoms with van der Waals surface area (Å²) in [6.07, 6.45) is 0.931. The molecule has 1 heterocycles. The number of nitrogens with zero attached hydrogens (tertiary/aromatic N) is 1. The van der Waals surface area contributed by atoms with E-state index in [4.69, 9.17) is 4.98 Å². The van der Waals surface area contributed by atoms with Crippen molar-refractivity contribution in [3.63, 3.8) is 0 Å². The maximum atomic E-state index is 4.91. The Morgan fingerprint density at radius 1 is 1.15 bits per heavy atom. The van der Waals surface area contributed by atoms with Crippen LogP contribution in [0.15, 0.2) is 30.3 Å². The van der Waals surface area contributed by atoms with Crippen LogP contribution in [0.1, 0.15) is 48.8 Å². The minimum atomic E-state index is 0.107. The number of nitrogens with one attached hydrogen (secondary N) is 1. The fourth-order valence-corrected chi connectivity index (χ4v) is 3.47. The summed E-state index contributed by atoms with van der Waals surface area (Å²) in [5, 5.41) is 4.64. The maximum absolute atomic E-state index is 4.91. The average Bonchev–Trinajstić information content (AvgIpc) is 2.80. The molecule has 108 valence electrons. The number of thiazole rings is 1. The van der Waals surface area contributed by atoms with E-state index in [1.165, 1.54) is 21.1 Å². The van der Waals surface area contributed by atoms with Gasteiger partial charge in [-0.15, -0.1) is 11.3 Å². The van der Waals surface area contributed by atoms with Crippen LogP contribution in [-0.2, 0) is 18.4 Å². The second kappa shape index (κ2) is 6.51. The van der Waals surface area contributed by atoms with Crippen molar-refractivity contribution in [2.75, 3.05) is 6.54 Å². The van der Waals surface area contributed by atoms with Crippen LogP contribution >= 0.6 is 11.3 Å². The molecule has 0 bridgehead atoms. The molecule has 2 rings (SSSR count). The van der Waals surface area contributed by atoms with E-state index < -0.39 is 0 Å². The van der Waals surface area contributed by atoms with Crippen molar-refractivity contribution < 1.29 is 0 Å². The van der Waals surface area contributed by atoms with Crippen LogP contribution in [0.3, 0.4) is 0 Å². The molecule has 0 aliphatic carbocycles. The number of hydrogen-bond acceptors (Lipinski definition) is 3. The van der Waals surface area contributed by atoms with Gasteiger partial charge in [-0.3, -0.25) is 0 Å². The topological polar surface area (TPSA) is 24.9 Å². The summed E-state index contributed by atoms with van der Waals surface area (Å²) in [6.45, 7) is 10.8. The predicted molar refractivity (Wildman–Crippen MR) is 87.4 cm³/mol. The van der Waals surface area contributed by atoms with E-state index in [1.54, 1.807) is 0 Å². The van der Waals surface area contributed by atoms with E-state index in [2.05, 4.69) is 63.3 Å². The molecule has 3 heteroatoms. The molecule has 0 aliphatic heterocycles. The van der Waals surface area contributed by atoms with Crippen LogP contribution in [0.5, 0.6) is 0 Å². The summed E-state index contributed by atoms with van der Waals surface area (Å²) in [7, 11) is 0. The highest BCUT2D eigenvalue weighted by Gasteiger charge is 2.22. The Kier molecular flexibility index (Phi) is 4.95. The van der Waals surface area contributed by atoms with Gasteiger partial charge in [-0.2, -0.15) is 0 Å². The minimum Gasteiger partial charge on any atom is -0.312 e. The zero-order chi connectivity index (χ0) is 14.6. The SMILES string of the molecule is CCNCc1sc(Cc2ccccc2)nc1C(C)(C)C. The molecular weight excluding hydrogens is 264 g/mol. The van der Waals surface area contributed by atoms with E-state index in [1.807, 2.05) is 11.3 Å². The van der Waals surface area contributed by atoms with Gasteiger partial charge >= 0.3 is 0 Å². The summed E-state index contributed by atoms with van der Waals surface area (Å²) >= 11 is 1.85. The molecular formula is C17H24N2S. The quantitative estimate of drug-likeness (QED) is 0.894. The van der Waals surface area contributed by atoms with Crippen molar-refractivity contribution in [3.8, 4) is 0 Å². The highest BCUT2D eigenvalue weighted by Crippen LogP contribution is 2.30. The van der Waals surface area contributed by atoms with Crippen LogP contribution in [0.2, 0.25) is 0 Å². The van der Waals surface area contributed by atoms with Gasteiger partial charge in [0.05, 0.1) is 10.7 Å². The Labute approximate surface area is 126 Å². The highest BCUT2D eigenvalue weighted by molar-refractivity contribution is 7.11. The number of aromatic nitrogens is 1. The van der Waals surface area contributed by atoms with Gasteiger partial charge in [-0.05, 0) is 12.1 Å². The lowest BCUT2D eigenvalue weighted by atomic mass is 9.91. The zero-order valence-electron chi connectivity index (χ0n) is 12.9. The van der Waals surface area contributed by atoms with Crippen molar-refractivity contribution in [3.05, 3.63) is 51.5 Å². The summed E-state index contributed by atoms with van der Waals surface area (Å²) < 4.78 is 0. The van der Waals surface area contributed by atoms with Crippen molar-refractivity contribution in [1.82, 2.24) is 10.3 Å². The fraction of sp³-hybridized carbons (Fsp3) is 0.471. The molecule has 0 fully saturated rings. The maximum Gasteiger partial charge on any atom is 0.0975 e. The van der Waals surface area contributed by atoms with Gasteiger partial charge in [-0.1, -0.05) is 58.0 Å². The van der Waals surface area contributed by atoms with Crippen molar-refractivity contribution in [1.29, 1.82) is 0 Å². The second-order valence-electron chi connectivity index (χ2n) is 6.07. The highest BCUT2D eigenvalue weighted by atomic mass is 32.1. The lowest BCUT2D eigenvalue weighted by molar-refractivity contribution is 0.559. The van der Waals surface area contributed by atoms with Gasteiger partial charge in [-0.25, -0.2) is 4.98 Å². The third-order valence-corrected chi connectivity index (χ3v) is 4.24. The minimum absolute atomic E-state index is 0.107. The van der Waals surface area contributed by atoms with Crippen LogP contribution in [0.25, 0.3) is 0 Å². The molecule has 0 spiro atoms. The Morgan fingerprint density at radius 3 is 2.45 bits per heavy atom. The molecule has 2 aromatic rings. The zero-order valence-corrected chi connectivity index (χ0v) is 13.7. The number of benzene rings is 1. The summed E-state index contributed by atoms with van der Waals surface area (Å²) in [4.78, 5) is 6.29. The van der Waals surface area contributed by atoms with Gasteiger partial charge in [0.25, 0.3) is 0 Å². The van der Waals surface area contributed by atoms with Crippen molar-refractivity contribution in [2.24, 2.45) is 0 Å². The Bertz CT molecular complexity index is 538. The third kappa shape index (κ3) is 3.90. The lowest BCUT2D eigenvalue weighted by Gasteiger charge is -2.17. The van der Waals surface area contributed by atoms with E-state index >= 15 is 0 Å². The molecule has 0 aliphatic rings. The molecule has 0 radical (unpaired) electrons. The third-order valence-electron chi connectivity index (χ3n) is 3.19. The summed E-state index contributed by atoms with van der Waals surface area (Å²) in [5.74, 6) is 0. The van der Waals surface area contributed by atoms with Gasteiger partial charge in [0.15, 0.2) is 0 Å². The van der Waals surface area contributed by atoms with Crippen LogP contribution in [0.4, 0.5) is 0 Å². The molecule has 0 saturated carbocycles. The van der Waals surface area contributed by atoms with Crippen molar-refractivity contribution in [2.45, 2.75) is 46.1 Å². The largest absolute Gasteiger partial charge is 0.312 e. The van der Waals surface area contributed by atoms with Gasteiger partial charge < -0.3 is 5.32 Å². The lowest BCUT2D eigenvalue weighted by Crippen LogP contribution is -2.18. The van der Waals surface area contributed by atoms with Gasteiger partial charge in [0, 0.05) is 23.3 Å². The standard InChI is InChI=1S/C17H24N2S/c1-5-18-12-14-16(17(2,3)4)19-15(20-14)11-13-9-7-6-8-10-13/h6-10,18H,5,11-12H2,1-4H3. The Hall–Kier alpha value is -1.19. The molecule has 1 aromatic carbocycles. The monoisotopic (exact) mass is 288 g/mol. The molecule has 20 heavy (non-hydrogen) atoms. The fourth-order valence-electron chi connectivity index (χ4n) is 2.19. The summed E-state index contributed by atoms with van der Waals surface area (Å²) in [5.41, 5.74) is 2.68. The molecule has 1 aromatic heterocycles. The van der Waals surface area contributed by atoms with Gasteiger partial charge in [0.2, 0.25) is 0 Å². The number of hydrogen-bond donors (Lipinski definition) is 1. The normalized spacial score (nSPS) is 11.8. The molecule has 0 saturated heterocycles. The first-order chi connectivity index (χ1) is 9.50. The molecule has 0 amide bonds. The first-order valence-electron chi connectivity index (χ1n) is 7.24. The first-order valence-corrected chi connectivity index (χ1v) is 8.06. The molecule has 2 nitrogen and oxygen atoms in total. The van der Waals surface area contributed by atoms with Crippen molar-refractivity contribution >= 4 is 11.3 Å². The average molecular weight is 288 g/mol.